The number of aromatic nitrogens is 2. The van der Waals surface area contributed by atoms with Crippen molar-refractivity contribution in [2.45, 2.75) is 24.2 Å². The standard InChI is InChI=1S/C10H15N2O9PS/c1-19-10(16)7(21-22(17,18)23)5(4-13)20-8(10)12-3-2-6(14)11-9(12)15/h2-3,5,7-8,13,16H,4H2,1H3,(H,11,14,15)(H2,17,18,23)/t5-,7-,8-,10+/m1/s1. The van der Waals surface area contributed by atoms with E-state index >= 15 is 0 Å². The molecule has 23 heavy (non-hydrogen) atoms. The van der Waals surface area contributed by atoms with Crippen LogP contribution in [-0.2, 0) is 25.8 Å². The molecule has 0 aromatic carbocycles. The molecule has 5 N–H and O–H groups in total. The van der Waals surface area contributed by atoms with Crippen molar-refractivity contribution in [2.75, 3.05) is 13.7 Å². The van der Waals surface area contributed by atoms with Crippen LogP contribution in [0.4, 0.5) is 0 Å². The molecule has 11 nitrogen and oxygen atoms in total. The van der Waals surface area contributed by atoms with Gasteiger partial charge in [0.25, 0.3) is 5.56 Å². The molecule has 1 saturated heterocycles. The number of hydrogen-bond acceptors (Lipinski definition) is 8. The van der Waals surface area contributed by atoms with Gasteiger partial charge in [0.1, 0.15) is 6.10 Å². The lowest BCUT2D eigenvalue weighted by Crippen LogP contribution is -2.51. The lowest BCUT2D eigenvalue weighted by Gasteiger charge is -2.32. The number of nitrogens with zero attached hydrogens (tertiary/aromatic N) is 1. The van der Waals surface area contributed by atoms with Gasteiger partial charge in [0, 0.05) is 19.4 Å². The van der Waals surface area contributed by atoms with Crippen LogP contribution in [-0.4, -0.2) is 61.3 Å². The number of ether oxygens (including phenoxy) is 2. The molecular weight excluding hydrogens is 355 g/mol. The molecule has 0 saturated carbocycles. The van der Waals surface area contributed by atoms with Crippen LogP contribution in [0.15, 0.2) is 21.9 Å². The van der Waals surface area contributed by atoms with E-state index in [0.29, 0.717) is 0 Å². The first-order chi connectivity index (χ1) is 10.6. The van der Waals surface area contributed by atoms with Crippen LogP contribution in [0.25, 0.3) is 0 Å². The molecule has 1 aliphatic heterocycles. The predicted octanol–water partition coefficient (Wildman–Crippen LogP) is -2.64. The summed E-state index contributed by atoms with van der Waals surface area (Å²) >= 11 is 4.35. The number of H-pyrrole nitrogens is 1. The van der Waals surface area contributed by atoms with Crippen LogP contribution in [0.1, 0.15) is 6.23 Å². The first-order valence-corrected chi connectivity index (χ1v) is 8.84. The van der Waals surface area contributed by atoms with E-state index < -0.39 is 48.8 Å². The molecule has 0 aliphatic carbocycles. The maximum absolute atomic E-state index is 11.9. The van der Waals surface area contributed by atoms with Gasteiger partial charge in [-0.1, -0.05) is 0 Å². The average Bonchev–Trinajstić information content (AvgIpc) is 2.71. The van der Waals surface area contributed by atoms with Gasteiger partial charge < -0.3 is 29.5 Å². The van der Waals surface area contributed by atoms with E-state index in [-0.39, 0.29) is 0 Å². The second-order valence-electron chi connectivity index (χ2n) is 4.70. The number of aliphatic hydroxyl groups is 2. The van der Waals surface area contributed by atoms with Gasteiger partial charge in [-0.25, -0.2) is 4.79 Å². The number of hydrogen-bond donors (Lipinski definition) is 5. The van der Waals surface area contributed by atoms with Crippen molar-refractivity contribution >= 4 is 18.5 Å². The summed E-state index contributed by atoms with van der Waals surface area (Å²) in [5.41, 5.74) is -1.58. The Morgan fingerprint density at radius 3 is 2.65 bits per heavy atom. The fraction of sp³-hybridized carbons (Fsp3) is 0.600. The van der Waals surface area contributed by atoms with Gasteiger partial charge in [-0.05, 0) is 11.8 Å². The zero-order valence-electron chi connectivity index (χ0n) is 11.7. The van der Waals surface area contributed by atoms with Gasteiger partial charge >= 0.3 is 12.4 Å². The average molecular weight is 370 g/mol. The minimum absolute atomic E-state index is 0.669. The maximum atomic E-state index is 11.9. The highest BCUT2D eigenvalue weighted by molar-refractivity contribution is 8.06. The van der Waals surface area contributed by atoms with E-state index in [2.05, 4.69) is 11.8 Å². The Morgan fingerprint density at radius 1 is 1.52 bits per heavy atom. The second kappa shape index (κ2) is 6.51. The fourth-order valence-electron chi connectivity index (χ4n) is 2.27. The topological polar surface area (TPSA) is 163 Å². The Morgan fingerprint density at radius 2 is 2.17 bits per heavy atom. The first-order valence-electron chi connectivity index (χ1n) is 6.21. The highest BCUT2D eigenvalue weighted by atomic mass is 32.5. The summed E-state index contributed by atoms with van der Waals surface area (Å²) < 4.78 is 15.9. The van der Waals surface area contributed by atoms with Gasteiger partial charge in [0.05, 0.1) is 6.61 Å². The zero-order valence-corrected chi connectivity index (χ0v) is 13.4. The summed E-state index contributed by atoms with van der Waals surface area (Å²) in [7, 11) is 1.06. The van der Waals surface area contributed by atoms with Crippen molar-refractivity contribution in [1.29, 1.82) is 0 Å². The Labute approximate surface area is 133 Å². The van der Waals surface area contributed by atoms with E-state index in [1.165, 1.54) is 0 Å². The fourth-order valence-corrected chi connectivity index (χ4v) is 3.13. The molecule has 2 heterocycles. The molecule has 1 aliphatic rings. The van der Waals surface area contributed by atoms with Crippen molar-refractivity contribution < 1.29 is 34.0 Å². The lowest BCUT2D eigenvalue weighted by atomic mass is 10.1. The SMILES string of the molecule is CO[C@@]1(O)[C@H](OP(O)(O)=S)[C@@H](CO)O[C@H]1n1ccc(=O)[nH]c1=O. The summed E-state index contributed by atoms with van der Waals surface area (Å²) in [6.07, 6.45) is -3.37. The number of rotatable bonds is 5. The number of aliphatic hydroxyl groups excluding tert-OH is 1. The summed E-state index contributed by atoms with van der Waals surface area (Å²) in [6, 6.07) is 1.01. The molecule has 130 valence electrons. The molecule has 4 atom stereocenters. The van der Waals surface area contributed by atoms with Gasteiger partial charge in [-0.15, -0.1) is 0 Å². The highest BCUT2D eigenvalue weighted by Gasteiger charge is 2.60. The number of methoxy groups -OCH3 is 1. The van der Waals surface area contributed by atoms with Crippen molar-refractivity contribution in [3.63, 3.8) is 0 Å². The van der Waals surface area contributed by atoms with Crippen LogP contribution in [0.5, 0.6) is 0 Å². The Kier molecular flexibility index (Phi) is 5.21. The van der Waals surface area contributed by atoms with Crippen LogP contribution < -0.4 is 11.2 Å². The Hall–Kier alpha value is -0.950. The van der Waals surface area contributed by atoms with E-state index in [0.717, 1.165) is 23.9 Å². The Bertz CT molecular complexity index is 730. The molecule has 0 bridgehead atoms. The van der Waals surface area contributed by atoms with Gasteiger partial charge in [-0.3, -0.25) is 18.9 Å². The van der Waals surface area contributed by atoms with Crippen molar-refractivity contribution in [3.05, 3.63) is 33.1 Å². The monoisotopic (exact) mass is 370 g/mol. The highest BCUT2D eigenvalue weighted by Crippen LogP contribution is 2.48. The van der Waals surface area contributed by atoms with E-state index in [4.69, 9.17) is 14.0 Å². The second-order valence-corrected chi connectivity index (χ2v) is 7.32. The van der Waals surface area contributed by atoms with Gasteiger partial charge in [-0.2, -0.15) is 0 Å². The summed E-state index contributed by atoms with van der Waals surface area (Å²) in [4.78, 5) is 43.6. The molecule has 13 heteroatoms. The van der Waals surface area contributed by atoms with Crippen LogP contribution in [0.2, 0.25) is 0 Å². The summed E-state index contributed by atoms with van der Waals surface area (Å²) in [6.45, 7) is -4.93. The quantitative estimate of drug-likeness (QED) is 0.273. The third-order valence-electron chi connectivity index (χ3n) is 3.26. The molecule has 0 spiro atoms. The molecule has 0 unspecified atom stereocenters. The van der Waals surface area contributed by atoms with Crippen molar-refractivity contribution in [3.8, 4) is 0 Å². The molecule has 0 radical (unpaired) electrons. The molecule has 2 rings (SSSR count). The first kappa shape index (κ1) is 18.4. The number of aromatic amines is 1. The van der Waals surface area contributed by atoms with Gasteiger partial charge in [0.15, 0.2) is 12.3 Å². The summed E-state index contributed by atoms with van der Waals surface area (Å²) in [5.74, 6) is -2.38. The largest absolute Gasteiger partial charge is 0.394 e. The Balaban J connectivity index is 2.50. The lowest BCUT2D eigenvalue weighted by molar-refractivity contribution is -0.262. The minimum atomic E-state index is -4.24. The van der Waals surface area contributed by atoms with E-state index in [1.54, 1.807) is 0 Å². The third-order valence-corrected chi connectivity index (χ3v) is 4.02. The van der Waals surface area contributed by atoms with Crippen LogP contribution in [0, 0.1) is 0 Å². The van der Waals surface area contributed by atoms with Gasteiger partial charge in [0.2, 0.25) is 5.79 Å². The predicted molar refractivity (Wildman–Crippen MR) is 77.9 cm³/mol. The molecular formula is C10H15N2O9PS. The smallest absolute Gasteiger partial charge is 0.330 e. The molecule has 1 aromatic heterocycles. The minimum Gasteiger partial charge on any atom is -0.394 e. The van der Waals surface area contributed by atoms with Crippen molar-refractivity contribution in [1.82, 2.24) is 9.55 Å². The molecule has 1 aromatic rings. The zero-order chi connectivity index (χ0) is 17.4. The number of nitrogens with one attached hydrogen (secondary N) is 1. The molecule has 1 fully saturated rings. The van der Waals surface area contributed by atoms with Crippen LogP contribution in [0.3, 0.4) is 0 Å². The van der Waals surface area contributed by atoms with Crippen molar-refractivity contribution in [2.24, 2.45) is 0 Å². The van der Waals surface area contributed by atoms with Crippen LogP contribution >= 0.6 is 6.72 Å². The third kappa shape index (κ3) is 3.60. The maximum Gasteiger partial charge on any atom is 0.330 e. The normalized spacial score (nSPS) is 31.4. The van der Waals surface area contributed by atoms with E-state index in [9.17, 15) is 29.6 Å². The van der Waals surface area contributed by atoms with E-state index in [1.807, 2.05) is 4.98 Å². The molecule has 0 amide bonds. The summed E-state index contributed by atoms with van der Waals surface area (Å²) in [5, 5.41) is 20.0.